The van der Waals surface area contributed by atoms with Crippen LogP contribution < -0.4 is 10.5 Å². The van der Waals surface area contributed by atoms with E-state index in [1.807, 2.05) is 6.92 Å². The zero-order valence-electron chi connectivity index (χ0n) is 13.2. The number of aryl methyl sites for hydroxylation is 1. The number of primary sulfonamides is 1. The topological polar surface area (TPSA) is 89.3 Å². The summed E-state index contributed by atoms with van der Waals surface area (Å²) in [5.41, 5.74) is 1.66. The van der Waals surface area contributed by atoms with Crippen LogP contribution in [0.25, 0.3) is 0 Å². The molecular weight excluding hydrogens is 331 g/mol. The molecular formula is C17H19FN2O3S. The van der Waals surface area contributed by atoms with Gasteiger partial charge in [-0.05, 0) is 48.7 Å². The van der Waals surface area contributed by atoms with E-state index in [2.05, 4.69) is 5.32 Å². The van der Waals surface area contributed by atoms with Crippen LogP contribution in [-0.2, 0) is 21.2 Å². The van der Waals surface area contributed by atoms with Gasteiger partial charge in [-0.15, -0.1) is 0 Å². The predicted molar refractivity (Wildman–Crippen MR) is 89.1 cm³/mol. The lowest BCUT2D eigenvalue weighted by Gasteiger charge is -2.14. The molecule has 2 aromatic carbocycles. The van der Waals surface area contributed by atoms with Crippen LogP contribution in [0.2, 0.25) is 0 Å². The summed E-state index contributed by atoms with van der Waals surface area (Å²) in [5.74, 6) is -0.456. The van der Waals surface area contributed by atoms with Crippen molar-refractivity contribution in [2.24, 2.45) is 5.14 Å². The molecule has 0 aromatic heterocycles. The molecule has 0 fully saturated rings. The van der Waals surface area contributed by atoms with Crippen molar-refractivity contribution in [3.63, 3.8) is 0 Å². The van der Waals surface area contributed by atoms with Crippen molar-refractivity contribution in [2.75, 3.05) is 0 Å². The second-order valence-corrected chi connectivity index (χ2v) is 7.09. The Balaban J connectivity index is 1.87. The molecule has 0 saturated carbocycles. The van der Waals surface area contributed by atoms with Crippen molar-refractivity contribution in [3.8, 4) is 0 Å². The Morgan fingerprint density at radius 2 is 1.71 bits per heavy atom. The second-order valence-electron chi connectivity index (χ2n) is 5.53. The lowest BCUT2D eigenvalue weighted by atomic mass is 10.1. The minimum atomic E-state index is -3.71. The van der Waals surface area contributed by atoms with Crippen molar-refractivity contribution in [1.82, 2.24) is 5.32 Å². The van der Waals surface area contributed by atoms with Crippen molar-refractivity contribution < 1.29 is 17.6 Å². The van der Waals surface area contributed by atoms with Gasteiger partial charge in [0, 0.05) is 6.42 Å². The number of nitrogens with two attached hydrogens (primary N) is 1. The number of carbonyl (C=O) groups excluding carboxylic acids is 1. The van der Waals surface area contributed by atoms with Gasteiger partial charge in [0.25, 0.3) is 0 Å². The molecule has 0 aliphatic rings. The van der Waals surface area contributed by atoms with E-state index in [1.165, 1.54) is 24.3 Å². The fourth-order valence-electron chi connectivity index (χ4n) is 2.25. The number of amides is 1. The van der Waals surface area contributed by atoms with E-state index in [-0.39, 0.29) is 29.1 Å². The molecule has 3 N–H and O–H groups in total. The molecule has 7 heteroatoms. The summed E-state index contributed by atoms with van der Waals surface area (Å²) in [6.07, 6.45) is 0.743. The van der Waals surface area contributed by atoms with Gasteiger partial charge >= 0.3 is 0 Å². The average Bonchev–Trinajstić information content (AvgIpc) is 2.53. The van der Waals surface area contributed by atoms with Gasteiger partial charge in [0.05, 0.1) is 10.9 Å². The van der Waals surface area contributed by atoms with Crippen LogP contribution in [0, 0.1) is 5.82 Å². The molecule has 0 aliphatic heterocycles. The van der Waals surface area contributed by atoms with E-state index in [0.717, 1.165) is 11.1 Å². The van der Waals surface area contributed by atoms with E-state index >= 15 is 0 Å². The molecule has 24 heavy (non-hydrogen) atoms. The molecule has 0 aliphatic carbocycles. The van der Waals surface area contributed by atoms with Gasteiger partial charge in [-0.2, -0.15) is 0 Å². The Kier molecular flexibility index (Phi) is 5.69. The number of sulfonamides is 1. The van der Waals surface area contributed by atoms with Crippen molar-refractivity contribution >= 4 is 15.9 Å². The summed E-state index contributed by atoms with van der Waals surface area (Å²) >= 11 is 0. The number of rotatable bonds is 6. The number of benzene rings is 2. The molecule has 0 spiro atoms. The Morgan fingerprint density at radius 1 is 1.12 bits per heavy atom. The van der Waals surface area contributed by atoms with E-state index in [9.17, 15) is 17.6 Å². The van der Waals surface area contributed by atoms with E-state index in [4.69, 9.17) is 5.14 Å². The maximum atomic E-state index is 12.9. The fraction of sp³-hybridized carbons (Fsp3) is 0.235. The van der Waals surface area contributed by atoms with Crippen LogP contribution in [0.15, 0.2) is 53.4 Å². The van der Waals surface area contributed by atoms with E-state index in [0.29, 0.717) is 6.42 Å². The van der Waals surface area contributed by atoms with Crippen LogP contribution in [0.5, 0.6) is 0 Å². The fourth-order valence-corrected chi connectivity index (χ4v) is 2.77. The third kappa shape index (κ3) is 5.14. The summed E-state index contributed by atoms with van der Waals surface area (Å²) in [4.78, 5) is 12.0. The zero-order valence-corrected chi connectivity index (χ0v) is 14.0. The highest BCUT2D eigenvalue weighted by Gasteiger charge is 2.11. The summed E-state index contributed by atoms with van der Waals surface area (Å²) in [7, 11) is -3.71. The van der Waals surface area contributed by atoms with Gasteiger partial charge in [0.15, 0.2) is 0 Å². The standard InChI is InChI=1S/C17H19FN2O3S/c1-12(14-5-7-15(18)8-6-14)20-17(21)11-4-13-2-9-16(10-3-13)24(19,22)23/h2-3,5-10,12H,4,11H2,1H3,(H,20,21)(H2,19,22,23). The van der Waals surface area contributed by atoms with Gasteiger partial charge in [-0.3, -0.25) is 4.79 Å². The molecule has 1 atom stereocenters. The lowest BCUT2D eigenvalue weighted by Crippen LogP contribution is -2.26. The highest BCUT2D eigenvalue weighted by molar-refractivity contribution is 7.89. The van der Waals surface area contributed by atoms with Crippen molar-refractivity contribution in [3.05, 3.63) is 65.5 Å². The van der Waals surface area contributed by atoms with Crippen LogP contribution in [0.3, 0.4) is 0 Å². The number of hydrogen-bond donors (Lipinski definition) is 2. The lowest BCUT2D eigenvalue weighted by molar-refractivity contribution is -0.121. The molecule has 2 rings (SSSR count). The van der Waals surface area contributed by atoms with Crippen LogP contribution in [-0.4, -0.2) is 14.3 Å². The summed E-state index contributed by atoms with van der Waals surface area (Å²) in [6.45, 7) is 1.83. The first-order chi connectivity index (χ1) is 11.3. The first-order valence-electron chi connectivity index (χ1n) is 7.42. The van der Waals surface area contributed by atoms with E-state index in [1.54, 1.807) is 24.3 Å². The largest absolute Gasteiger partial charge is 0.350 e. The Bertz CT molecular complexity index is 803. The van der Waals surface area contributed by atoms with Gasteiger partial charge in [0.1, 0.15) is 5.82 Å². The molecule has 0 radical (unpaired) electrons. The summed E-state index contributed by atoms with van der Waals surface area (Å²) in [5, 5.41) is 7.88. The first-order valence-corrected chi connectivity index (χ1v) is 8.97. The molecule has 1 unspecified atom stereocenters. The Hall–Kier alpha value is -2.25. The second kappa shape index (κ2) is 7.55. The van der Waals surface area contributed by atoms with Gasteiger partial charge in [0.2, 0.25) is 15.9 Å². The zero-order chi connectivity index (χ0) is 17.7. The van der Waals surface area contributed by atoms with Gasteiger partial charge < -0.3 is 5.32 Å². The average molecular weight is 350 g/mol. The van der Waals surface area contributed by atoms with Crippen LogP contribution in [0.1, 0.15) is 30.5 Å². The smallest absolute Gasteiger partial charge is 0.238 e. The van der Waals surface area contributed by atoms with E-state index < -0.39 is 10.0 Å². The minimum Gasteiger partial charge on any atom is -0.350 e. The highest BCUT2D eigenvalue weighted by atomic mass is 32.2. The Labute approximate surface area is 140 Å². The maximum Gasteiger partial charge on any atom is 0.238 e. The van der Waals surface area contributed by atoms with Crippen LogP contribution in [0.4, 0.5) is 4.39 Å². The molecule has 5 nitrogen and oxygen atoms in total. The van der Waals surface area contributed by atoms with Crippen molar-refractivity contribution in [1.29, 1.82) is 0 Å². The van der Waals surface area contributed by atoms with Gasteiger partial charge in [-0.1, -0.05) is 24.3 Å². The molecule has 0 saturated heterocycles. The number of carbonyl (C=O) groups is 1. The monoisotopic (exact) mass is 350 g/mol. The summed E-state index contributed by atoms with van der Waals surface area (Å²) in [6, 6.07) is 11.9. The number of nitrogens with one attached hydrogen (secondary N) is 1. The highest BCUT2D eigenvalue weighted by Crippen LogP contribution is 2.14. The predicted octanol–water partition coefficient (Wildman–Crippen LogP) is 2.28. The SMILES string of the molecule is CC(NC(=O)CCc1ccc(S(N)(=O)=O)cc1)c1ccc(F)cc1. The third-order valence-electron chi connectivity index (χ3n) is 3.64. The molecule has 2 aromatic rings. The minimum absolute atomic E-state index is 0.0423. The van der Waals surface area contributed by atoms with Crippen LogP contribution >= 0.6 is 0 Å². The third-order valence-corrected chi connectivity index (χ3v) is 4.57. The normalized spacial score (nSPS) is 12.6. The number of hydrogen-bond acceptors (Lipinski definition) is 3. The molecule has 1 amide bonds. The quantitative estimate of drug-likeness (QED) is 0.837. The molecule has 0 bridgehead atoms. The number of halogens is 1. The molecule has 0 heterocycles. The molecule has 128 valence electrons. The first kappa shape index (κ1) is 18.1. The van der Waals surface area contributed by atoms with Crippen molar-refractivity contribution in [2.45, 2.75) is 30.7 Å². The maximum absolute atomic E-state index is 12.9. The van der Waals surface area contributed by atoms with Gasteiger partial charge in [-0.25, -0.2) is 17.9 Å². The Morgan fingerprint density at radius 3 is 2.25 bits per heavy atom. The summed E-state index contributed by atoms with van der Waals surface area (Å²) < 4.78 is 35.2.